The van der Waals surface area contributed by atoms with E-state index in [2.05, 4.69) is 19.9 Å². The summed E-state index contributed by atoms with van der Waals surface area (Å²) >= 11 is 0. The maximum Gasteiger partial charge on any atom is 0.573 e. The Bertz CT molecular complexity index is 1480. The number of aromatic hydroxyl groups is 1. The van der Waals surface area contributed by atoms with Crippen LogP contribution in [0.2, 0.25) is 0 Å². The fourth-order valence-electron chi connectivity index (χ4n) is 3.79. The van der Waals surface area contributed by atoms with Crippen LogP contribution in [0.25, 0.3) is 22.6 Å². The summed E-state index contributed by atoms with van der Waals surface area (Å²) in [5, 5.41) is 18.8. The second-order valence-corrected chi connectivity index (χ2v) is 8.14. The van der Waals surface area contributed by atoms with Crippen LogP contribution in [0, 0.1) is 11.6 Å². The number of hydrogen-bond donors (Lipinski definition) is 2. The SMILES string of the molecule is CCCCc1[nH]c(=O)c(-c2nnc(Cc3ccc(F)c(F)c3)o2)c(O)c1-c1cccc(OC(F)(F)F)c1. The van der Waals surface area contributed by atoms with Gasteiger partial charge in [-0.05, 0) is 48.2 Å². The van der Waals surface area contributed by atoms with Gasteiger partial charge in [-0.1, -0.05) is 31.5 Å². The smallest absolute Gasteiger partial charge is 0.506 e. The Morgan fingerprint density at radius 1 is 1.05 bits per heavy atom. The minimum atomic E-state index is -4.92. The first kappa shape index (κ1) is 25.9. The van der Waals surface area contributed by atoms with Gasteiger partial charge in [0.15, 0.2) is 11.6 Å². The summed E-state index contributed by atoms with van der Waals surface area (Å²) in [5.41, 5.74) is -0.275. The highest BCUT2D eigenvalue weighted by Crippen LogP contribution is 2.39. The highest BCUT2D eigenvalue weighted by Gasteiger charge is 2.31. The molecule has 0 fully saturated rings. The zero-order valence-corrected chi connectivity index (χ0v) is 19.3. The molecule has 37 heavy (non-hydrogen) atoms. The molecule has 2 heterocycles. The zero-order valence-electron chi connectivity index (χ0n) is 19.3. The van der Waals surface area contributed by atoms with Gasteiger partial charge >= 0.3 is 6.36 Å². The number of nitrogens with zero attached hydrogens (tertiary/aromatic N) is 2. The van der Waals surface area contributed by atoms with Crippen LogP contribution in [0.5, 0.6) is 11.5 Å². The predicted molar refractivity (Wildman–Crippen MR) is 122 cm³/mol. The van der Waals surface area contributed by atoms with Gasteiger partial charge in [-0.3, -0.25) is 4.79 Å². The number of aromatic amines is 1. The molecule has 0 saturated carbocycles. The van der Waals surface area contributed by atoms with Gasteiger partial charge in [0.25, 0.3) is 11.4 Å². The summed E-state index contributed by atoms with van der Waals surface area (Å²) in [4.78, 5) is 15.6. The van der Waals surface area contributed by atoms with E-state index in [-0.39, 0.29) is 34.9 Å². The van der Waals surface area contributed by atoms with E-state index in [0.29, 0.717) is 24.1 Å². The van der Waals surface area contributed by atoms with E-state index < -0.39 is 35.1 Å². The van der Waals surface area contributed by atoms with Crippen LogP contribution >= 0.6 is 0 Å². The Labute approximate surface area is 206 Å². The van der Waals surface area contributed by atoms with Crippen molar-refractivity contribution in [2.24, 2.45) is 0 Å². The molecule has 0 aliphatic carbocycles. The summed E-state index contributed by atoms with van der Waals surface area (Å²) in [6, 6.07) is 8.19. The minimum absolute atomic E-state index is 0.0445. The van der Waals surface area contributed by atoms with Crippen molar-refractivity contribution >= 4 is 0 Å². The second-order valence-electron chi connectivity index (χ2n) is 8.14. The highest BCUT2D eigenvalue weighted by molar-refractivity contribution is 5.80. The molecule has 0 saturated heterocycles. The summed E-state index contributed by atoms with van der Waals surface area (Å²) in [7, 11) is 0. The largest absolute Gasteiger partial charge is 0.573 e. The molecule has 2 aromatic carbocycles. The van der Waals surface area contributed by atoms with E-state index in [0.717, 1.165) is 30.7 Å². The van der Waals surface area contributed by atoms with Crippen molar-refractivity contribution in [1.82, 2.24) is 15.2 Å². The van der Waals surface area contributed by atoms with E-state index in [1.807, 2.05) is 6.92 Å². The number of hydrogen-bond acceptors (Lipinski definition) is 6. The number of alkyl halides is 3. The van der Waals surface area contributed by atoms with Crippen LogP contribution in [-0.2, 0) is 12.8 Å². The fraction of sp³-hybridized carbons (Fsp3) is 0.240. The lowest BCUT2D eigenvalue weighted by atomic mass is 9.97. The third-order valence-corrected chi connectivity index (χ3v) is 5.42. The van der Waals surface area contributed by atoms with Crippen molar-refractivity contribution < 1.29 is 36.2 Å². The molecule has 4 aromatic rings. The second kappa shape index (κ2) is 10.4. The fourth-order valence-corrected chi connectivity index (χ4v) is 3.79. The Balaban J connectivity index is 1.77. The van der Waals surface area contributed by atoms with E-state index in [1.165, 1.54) is 18.2 Å². The summed E-state index contributed by atoms with van der Waals surface area (Å²) in [6.45, 7) is 1.91. The number of unbranched alkanes of at least 4 members (excludes halogenated alkanes) is 1. The number of rotatable bonds is 8. The first-order valence-corrected chi connectivity index (χ1v) is 11.2. The molecular weight excluding hydrogens is 501 g/mol. The maximum absolute atomic E-state index is 13.5. The van der Waals surface area contributed by atoms with Crippen molar-refractivity contribution in [2.75, 3.05) is 0 Å². The number of halogens is 5. The Morgan fingerprint density at radius 2 is 1.84 bits per heavy atom. The quantitative estimate of drug-likeness (QED) is 0.280. The van der Waals surface area contributed by atoms with E-state index in [9.17, 15) is 31.9 Å². The third-order valence-electron chi connectivity index (χ3n) is 5.42. The number of ether oxygens (including phenoxy) is 1. The molecular formula is C25H20F5N3O4. The van der Waals surface area contributed by atoms with Crippen molar-refractivity contribution in [2.45, 2.75) is 39.0 Å². The molecule has 194 valence electrons. The predicted octanol–water partition coefficient (Wildman–Crippen LogP) is 5.91. The standard InChI is InChI=1S/C25H20F5N3O4/c1-2-3-7-18-20(14-5-4-6-15(12-14)37-25(28,29)30)22(34)21(23(35)31-18)24-33-32-19(36-24)11-13-8-9-16(26)17(27)10-13/h4-6,8-10,12H,2-3,7,11H2,1H3,(H2,31,34,35). The Morgan fingerprint density at radius 3 is 2.54 bits per heavy atom. The lowest BCUT2D eigenvalue weighted by Gasteiger charge is -2.15. The van der Waals surface area contributed by atoms with Gasteiger partial charge in [0.05, 0.1) is 6.42 Å². The molecule has 0 bridgehead atoms. The number of benzene rings is 2. The molecule has 12 heteroatoms. The topological polar surface area (TPSA) is 101 Å². The number of H-pyrrole nitrogens is 1. The first-order valence-electron chi connectivity index (χ1n) is 11.2. The van der Waals surface area contributed by atoms with Crippen LogP contribution in [0.1, 0.15) is 36.9 Å². The van der Waals surface area contributed by atoms with Gasteiger partial charge in [-0.2, -0.15) is 0 Å². The van der Waals surface area contributed by atoms with Crippen LogP contribution in [-0.4, -0.2) is 26.7 Å². The molecule has 4 rings (SSSR count). The lowest BCUT2D eigenvalue weighted by molar-refractivity contribution is -0.274. The van der Waals surface area contributed by atoms with Gasteiger partial charge in [-0.25, -0.2) is 8.78 Å². The van der Waals surface area contributed by atoms with Crippen LogP contribution in [0.15, 0.2) is 51.7 Å². The average molecular weight is 521 g/mol. The number of pyridine rings is 1. The molecule has 2 N–H and O–H groups in total. The summed E-state index contributed by atoms with van der Waals surface area (Å²) in [6.07, 6.45) is -3.31. The molecule has 0 spiro atoms. The monoisotopic (exact) mass is 521 g/mol. The summed E-state index contributed by atoms with van der Waals surface area (Å²) in [5.74, 6) is -3.56. The van der Waals surface area contributed by atoms with Gasteiger partial charge < -0.3 is 19.2 Å². The van der Waals surface area contributed by atoms with Gasteiger partial charge in [0, 0.05) is 11.3 Å². The Kier molecular flexibility index (Phi) is 7.28. The molecule has 2 aromatic heterocycles. The summed E-state index contributed by atoms with van der Waals surface area (Å²) < 4.78 is 74.5. The van der Waals surface area contributed by atoms with Crippen molar-refractivity contribution in [3.63, 3.8) is 0 Å². The normalized spacial score (nSPS) is 11.6. The molecule has 0 aliphatic rings. The number of nitrogens with one attached hydrogen (secondary N) is 1. The van der Waals surface area contributed by atoms with Crippen LogP contribution in [0.4, 0.5) is 22.0 Å². The number of aryl methyl sites for hydroxylation is 1. The molecule has 0 amide bonds. The highest BCUT2D eigenvalue weighted by atomic mass is 19.4. The van der Waals surface area contributed by atoms with E-state index >= 15 is 0 Å². The van der Waals surface area contributed by atoms with Gasteiger partial charge in [0.1, 0.15) is 17.1 Å². The maximum atomic E-state index is 13.5. The molecule has 0 unspecified atom stereocenters. The molecule has 0 aliphatic heterocycles. The zero-order chi connectivity index (χ0) is 26.7. The first-order chi connectivity index (χ1) is 17.6. The Hall–Kier alpha value is -4.22. The van der Waals surface area contributed by atoms with E-state index in [4.69, 9.17) is 4.42 Å². The molecule has 7 nitrogen and oxygen atoms in total. The van der Waals surface area contributed by atoms with Crippen LogP contribution < -0.4 is 10.3 Å². The van der Waals surface area contributed by atoms with Crippen molar-refractivity contribution in [3.05, 3.63) is 81.6 Å². The molecule has 0 atom stereocenters. The van der Waals surface area contributed by atoms with E-state index in [1.54, 1.807) is 0 Å². The van der Waals surface area contributed by atoms with Crippen molar-refractivity contribution in [1.29, 1.82) is 0 Å². The van der Waals surface area contributed by atoms with Crippen LogP contribution in [0.3, 0.4) is 0 Å². The average Bonchev–Trinajstić information content (AvgIpc) is 3.26. The minimum Gasteiger partial charge on any atom is -0.506 e. The van der Waals surface area contributed by atoms with Gasteiger partial charge in [-0.15, -0.1) is 23.4 Å². The molecule has 0 radical (unpaired) electrons. The third kappa shape index (κ3) is 5.96. The van der Waals surface area contributed by atoms with Crippen molar-refractivity contribution in [3.8, 4) is 34.1 Å². The lowest BCUT2D eigenvalue weighted by Crippen LogP contribution is -2.17. The van der Waals surface area contributed by atoms with Gasteiger partial charge in [0.2, 0.25) is 5.89 Å². The number of aromatic nitrogens is 3.